The lowest BCUT2D eigenvalue weighted by molar-refractivity contribution is -0.140. The molecule has 13 nitrogen and oxygen atoms in total. The van der Waals surface area contributed by atoms with E-state index in [0.717, 1.165) is 0 Å². The minimum Gasteiger partial charge on any atom is -0.481 e. The molecule has 4 atom stereocenters. The Balaban J connectivity index is 5.36. The smallest absolute Gasteiger partial charge is 0.322 e. The van der Waals surface area contributed by atoms with E-state index in [0.29, 0.717) is 6.42 Å². The largest absolute Gasteiger partial charge is 0.481 e. The zero-order valence-electron chi connectivity index (χ0n) is 16.8. The predicted octanol–water partition coefficient (Wildman–Crippen LogP) is -2.73. The van der Waals surface area contributed by atoms with Crippen molar-refractivity contribution in [1.29, 1.82) is 0 Å². The minimum atomic E-state index is -1.38. The van der Waals surface area contributed by atoms with E-state index >= 15 is 0 Å². The lowest BCUT2D eigenvalue weighted by Gasteiger charge is -2.27. The van der Waals surface area contributed by atoms with E-state index in [9.17, 15) is 28.8 Å². The molecule has 0 aliphatic rings. The molecule has 0 rings (SSSR count). The third-order valence-electron chi connectivity index (χ3n) is 4.25. The third kappa shape index (κ3) is 10.4. The van der Waals surface area contributed by atoms with Crippen LogP contribution in [0.3, 0.4) is 0 Å². The van der Waals surface area contributed by atoms with E-state index in [2.05, 4.69) is 16.0 Å². The van der Waals surface area contributed by atoms with Crippen molar-refractivity contribution in [1.82, 2.24) is 16.0 Å². The molecule has 0 saturated carbocycles. The van der Waals surface area contributed by atoms with Crippen molar-refractivity contribution in [3.63, 3.8) is 0 Å². The summed E-state index contributed by atoms with van der Waals surface area (Å²) in [7, 11) is 0. The summed E-state index contributed by atoms with van der Waals surface area (Å²) in [5.41, 5.74) is 10.6. The van der Waals surface area contributed by atoms with Crippen LogP contribution in [0.4, 0.5) is 0 Å². The molecule has 0 aliphatic carbocycles. The van der Waals surface area contributed by atoms with Gasteiger partial charge < -0.3 is 37.6 Å². The number of carboxylic acids is 2. The van der Waals surface area contributed by atoms with Gasteiger partial charge in [-0.2, -0.15) is 0 Å². The number of rotatable bonds is 14. The number of nitrogens with one attached hydrogen (secondary N) is 3. The number of aliphatic carboxylic acids is 2. The fourth-order valence-corrected chi connectivity index (χ4v) is 2.35. The summed E-state index contributed by atoms with van der Waals surface area (Å²) >= 11 is 0. The predicted molar refractivity (Wildman–Crippen MR) is 103 cm³/mol. The average Bonchev–Trinajstić information content (AvgIpc) is 2.65. The molecule has 4 amide bonds. The number of hydrogen-bond acceptors (Lipinski definition) is 7. The van der Waals surface area contributed by atoms with Crippen LogP contribution in [-0.2, 0) is 28.8 Å². The number of nitrogens with two attached hydrogens (primary N) is 2. The Labute approximate surface area is 172 Å². The topological polar surface area (TPSA) is 231 Å². The maximum absolute atomic E-state index is 12.7. The Morgan fingerprint density at radius 1 is 0.933 bits per heavy atom. The molecule has 0 aromatic rings. The SMILES string of the molecule is CCC(C)C(NC(=O)C(N)CC(=O)O)C(=O)NC(CCC(N)=O)C(=O)NCC(=O)O. The molecule has 0 radical (unpaired) electrons. The summed E-state index contributed by atoms with van der Waals surface area (Å²) in [4.78, 5) is 69.5. The van der Waals surface area contributed by atoms with Crippen LogP contribution in [0.1, 0.15) is 39.5 Å². The Morgan fingerprint density at radius 3 is 2.00 bits per heavy atom. The highest BCUT2D eigenvalue weighted by atomic mass is 16.4. The summed E-state index contributed by atoms with van der Waals surface area (Å²) < 4.78 is 0. The number of carboxylic acid groups (broad SMARTS) is 2. The number of hydrogen-bond donors (Lipinski definition) is 7. The first-order valence-corrected chi connectivity index (χ1v) is 9.24. The molecular formula is C17H29N5O8. The molecule has 0 bridgehead atoms. The van der Waals surface area contributed by atoms with Gasteiger partial charge in [0.1, 0.15) is 18.6 Å². The van der Waals surface area contributed by atoms with Crippen molar-refractivity contribution in [3.05, 3.63) is 0 Å². The molecule has 0 aliphatic heterocycles. The number of amides is 4. The lowest BCUT2D eigenvalue weighted by atomic mass is 9.97. The highest BCUT2D eigenvalue weighted by Gasteiger charge is 2.31. The monoisotopic (exact) mass is 431 g/mol. The molecule has 0 fully saturated rings. The first kappa shape index (κ1) is 26.8. The van der Waals surface area contributed by atoms with Gasteiger partial charge >= 0.3 is 11.9 Å². The lowest BCUT2D eigenvalue weighted by Crippen LogP contribution is -2.58. The van der Waals surface area contributed by atoms with Gasteiger partial charge in [0.2, 0.25) is 23.6 Å². The fraction of sp³-hybridized carbons (Fsp3) is 0.647. The van der Waals surface area contributed by atoms with E-state index in [4.69, 9.17) is 21.7 Å². The van der Waals surface area contributed by atoms with Gasteiger partial charge in [-0.1, -0.05) is 20.3 Å². The van der Waals surface area contributed by atoms with Gasteiger partial charge in [-0.05, 0) is 12.3 Å². The van der Waals surface area contributed by atoms with Gasteiger partial charge in [-0.15, -0.1) is 0 Å². The Bertz CT molecular complexity index is 669. The Kier molecular flexibility index (Phi) is 11.7. The average molecular weight is 431 g/mol. The third-order valence-corrected chi connectivity index (χ3v) is 4.25. The highest BCUT2D eigenvalue weighted by Crippen LogP contribution is 2.10. The summed E-state index contributed by atoms with van der Waals surface area (Å²) in [6.45, 7) is 2.70. The fourth-order valence-electron chi connectivity index (χ4n) is 2.35. The van der Waals surface area contributed by atoms with Gasteiger partial charge in [0.05, 0.1) is 12.5 Å². The molecule has 0 aromatic carbocycles. The second-order valence-electron chi connectivity index (χ2n) is 6.75. The molecule has 0 saturated heterocycles. The summed E-state index contributed by atoms with van der Waals surface area (Å²) in [6.07, 6.45) is -0.634. The Morgan fingerprint density at radius 2 is 1.53 bits per heavy atom. The normalized spacial score (nSPS) is 14.5. The van der Waals surface area contributed by atoms with Crippen LogP contribution in [0.5, 0.6) is 0 Å². The van der Waals surface area contributed by atoms with Gasteiger partial charge in [0, 0.05) is 6.42 Å². The minimum absolute atomic E-state index is 0.188. The van der Waals surface area contributed by atoms with E-state index in [1.165, 1.54) is 0 Å². The molecule has 0 aromatic heterocycles. The zero-order valence-corrected chi connectivity index (χ0v) is 16.8. The van der Waals surface area contributed by atoms with Gasteiger partial charge in [-0.3, -0.25) is 28.8 Å². The van der Waals surface area contributed by atoms with Crippen molar-refractivity contribution in [2.75, 3.05) is 6.54 Å². The molecule has 170 valence electrons. The molecule has 0 spiro atoms. The number of carbonyl (C=O) groups is 6. The summed E-state index contributed by atoms with van der Waals surface area (Å²) in [6, 6.07) is -3.81. The summed E-state index contributed by atoms with van der Waals surface area (Å²) in [5, 5.41) is 24.3. The zero-order chi connectivity index (χ0) is 23.4. The summed E-state index contributed by atoms with van der Waals surface area (Å²) in [5.74, 6) is -6.22. The van der Waals surface area contributed by atoms with Crippen molar-refractivity contribution in [2.24, 2.45) is 17.4 Å². The van der Waals surface area contributed by atoms with Gasteiger partial charge in [-0.25, -0.2) is 0 Å². The molecule has 0 heterocycles. The van der Waals surface area contributed by atoms with E-state index in [-0.39, 0.29) is 12.8 Å². The Hall–Kier alpha value is -3.22. The molecule has 30 heavy (non-hydrogen) atoms. The van der Waals surface area contributed by atoms with Crippen molar-refractivity contribution < 1.29 is 39.0 Å². The van der Waals surface area contributed by atoms with Crippen LogP contribution in [0, 0.1) is 5.92 Å². The van der Waals surface area contributed by atoms with E-state index < -0.39 is 72.6 Å². The van der Waals surface area contributed by atoms with Gasteiger partial charge in [0.25, 0.3) is 0 Å². The second kappa shape index (κ2) is 13.1. The van der Waals surface area contributed by atoms with E-state index in [1.54, 1.807) is 13.8 Å². The quantitative estimate of drug-likeness (QED) is 0.151. The maximum atomic E-state index is 12.7. The number of primary amides is 1. The molecule has 13 heteroatoms. The van der Waals surface area contributed by atoms with Crippen molar-refractivity contribution in [3.8, 4) is 0 Å². The van der Waals surface area contributed by atoms with Crippen molar-refractivity contribution in [2.45, 2.75) is 57.7 Å². The van der Waals surface area contributed by atoms with E-state index in [1.807, 2.05) is 0 Å². The molecule has 9 N–H and O–H groups in total. The van der Waals surface area contributed by atoms with Crippen molar-refractivity contribution >= 4 is 35.6 Å². The first-order valence-electron chi connectivity index (χ1n) is 9.24. The van der Waals surface area contributed by atoms with Crippen LogP contribution in [0.2, 0.25) is 0 Å². The first-order chi connectivity index (χ1) is 13.9. The van der Waals surface area contributed by atoms with Crippen LogP contribution in [-0.4, -0.2) is 70.5 Å². The number of carbonyl (C=O) groups excluding carboxylic acids is 4. The van der Waals surface area contributed by atoms with Gasteiger partial charge in [0.15, 0.2) is 0 Å². The highest BCUT2D eigenvalue weighted by molar-refractivity contribution is 5.94. The molecule has 4 unspecified atom stereocenters. The van der Waals surface area contributed by atoms with Crippen LogP contribution in [0.15, 0.2) is 0 Å². The van der Waals surface area contributed by atoms with Crippen LogP contribution in [0.25, 0.3) is 0 Å². The second-order valence-corrected chi connectivity index (χ2v) is 6.75. The van der Waals surface area contributed by atoms with Crippen LogP contribution < -0.4 is 27.4 Å². The standard InChI is InChI=1S/C17H29N5O8/c1-3-8(2)14(22-15(28)9(18)6-12(24)25)17(30)21-10(4-5-11(19)23)16(29)20-7-13(26)27/h8-10,14H,3-7,18H2,1-2H3,(H2,19,23)(H,20,29)(H,21,30)(H,22,28)(H,24,25)(H,26,27). The van der Waals surface area contributed by atoms with Crippen LogP contribution >= 0.6 is 0 Å². The molecular weight excluding hydrogens is 402 g/mol. The maximum Gasteiger partial charge on any atom is 0.322 e.